The second-order valence-corrected chi connectivity index (χ2v) is 7.37. The number of furan rings is 1. The van der Waals surface area contributed by atoms with Gasteiger partial charge in [0.25, 0.3) is 11.8 Å². The van der Waals surface area contributed by atoms with Crippen molar-refractivity contribution >= 4 is 5.91 Å². The fraction of sp³-hybridized carbons (Fsp3) is 0.273. The van der Waals surface area contributed by atoms with Crippen LogP contribution in [0.4, 0.5) is 0 Å². The van der Waals surface area contributed by atoms with Gasteiger partial charge in [0.05, 0.1) is 12.8 Å². The van der Waals surface area contributed by atoms with Crippen molar-refractivity contribution in [1.82, 2.24) is 25.2 Å². The van der Waals surface area contributed by atoms with Gasteiger partial charge in [-0.3, -0.25) is 9.69 Å². The molecule has 1 fully saturated rings. The van der Waals surface area contributed by atoms with Gasteiger partial charge in [-0.1, -0.05) is 35.5 Å². The number of rotatable bonds is 5. The van der Waals surface area contributed by atoms with Crippen LogP contribution >= 0.6 is 0 Å². The van der Waals surface area contributed by atoms with E-state index in [0.717, 1.165) is 5.56 Å². The normalized spacial score (nSPS) is 14.8. The summed E-state index contributed by atoms with van der Waals surface area (Å²) >= 11 is 0. The van der Waals surface area contributed by atoms with E-state index >= 15 is 0 Å². The van der Waals surface area contributed by atoms with Crippen LogP contribution in [0.5, 0.6) is 0 Å². The van der Waals surface area contributed by atoms with E-state index in [0.29, 0.717) is 67.3 Å². The number of aromatic nitrogens is 3. The molecule has 1 saturated heterocycles. The summed E-state index contributed by atoms with van der Waals surface area (Å²) in [6.45, 7) is 5.00. The SMILES string of the molecule is Cc1onc(-c2ccccc2)c1-c1nnc(CN2CCN(C(=O)c3ccco3)CC2)o1. The molecule has 0 saturated carbocycles. The lowest BCUT2D eigenvalue weighted by atomic mass is 10.1. The molecule has 1 aliphatic rings. The lowest BCUT2D eigenvalue weighted by Crippen LogP contribution is -2.48. The van der Waals surface area contributed by atoms with Crippen LogP contribution in [0.3, 0.4) is 0 Å². The van der Waals surface area contributed by atoms with Crippen LogP contribution in [-0.2, 0) is 6.54 Å². The molecule has 0 aliphatic carbocycles. The smallest absolute Gasteiger partial charge is 0.289 e. The summed E-state index contributed by atoms with van der Waals surface area (Å²) in [6, 6.07) is 13.2. The minimum atomic E-state index is -0.0823. The van der Waals surface area contributed by atoms with E-state index in [-0.39, 0.29) is 5.91 Å². The summed E-state index contributed by atoms with van der Waals surface area (Å²) in [6.07, 6.45) is 1.51. The van der Waals surface area contributed by atoms with Gasteiger partial charge in [0, 0.05) is 31.7 Å². The first kappa shape index (κ1) is 19.3. The molecule has 0 spiro atoms. The highest BCUT2D eigenvalue weighted by Gasteiger charge is 2.26. The molecule has 31 heavy (non-hydrogen) atoms. The predicted octanol–water partition coefficient (Wildman–Crippen LogP) is 3.25. The summed E-state index contributed by atoms with van der Waals surface area (Å²) in [5, 5.41) is 12.6. The second-order valence-electron chi connectivity index (χ2n) is 7.37. The third kappa shape index (κ3) is 3.87. The van der Waals surface area contributed by atoms with Crippen molar-refractivity contribution < 1.29 is 18.2 Å². The van der Waals surface area contributed by atoms with E-state index in [9.17, 15) is 4.79 Å². The zero-order valence-electron chi connectivity index (χ0n) is 17.0. The highest BCUT2D eigenvalue weighted by molar-refractivity contribution is 5.91. The molecule has 5 rings (SSSR count). The maximum absolute atomic E-state index is 12.4. The Bertz CT molecular complexity index is 1160. The number of carbonyl (C=O) groups excluding carboxylic acids is 1. The average Bonchev–Trinajstić information content (AvgIpc) is 3.56. The van der Waals surface area contributed by atoms with Crippen molar-refractivity contribution in [1.29, 1.82) is 0 Å². The second kappa shape index (κ2) is 8.19. The number of piperazine rings is 1. The van der Waals surface area contributed by atoms with E-state index in [4.69, 9.17) is 13.4 Å². The van der Waals surface area contributed by atoms with E-state index < -0.39 is 0 Å². The number of amides is 1. The Morgan fingerprint density at radius 2 is 1.84 bits per heavy atom. The molecule has 9 heteroatoms. The number of nitrogens with zero attached hydrogens (tertiary/aromatic N) is 5. The van der Waals surface area contributed by atoms with Crippen LogP contribution in [0.25, 0.3) is 22.7 Å². The lowest BCUT2D eigenvalue weighted by Gasteiger charge is -2.33. The first-order valence-corrected chi connectivity index (χ1v) is 10.1. The lowest BCUT2D eigenvalue weighted by molar-refractivity contribution is 0.0588. The van der Waals surface area contributed by atoms with Crippen LogP contribution < -0.4 is 0 Å². The van der Waals surface area contributed by atoms with Crippen molar-refractivity contribution in [2.75, 3.05) is 26.2 Å². The molecule has 1 aliphatic heterocycles. The van der Waals surface area contributed by atoms with Gasteiger partial charge in [0.15, 0.2) is 5.76 Å². The third-order valence-electron chi connectivity index (χ3n) is 5.34. The molecule has 1 amide bonds. The minimum absolute atomic E-state index is 0.0823. The molecule has 0 N–H and O–H groups in total. The summed E-state index contributed by atoms with van der Waals surface area (Å²) in [7, 11) is 0. The molecule has 3 aromatic heterocycles. The van der Waals surface area contributed by atoms with Gasteiger partial charge in [-0.05, 0) is 19.1 Å². The first-order valence-electron chi connectivity index (χ1n) is 10.1. The molecular formula is C22H21N5O4. The number of aryl methyl sites for hydroxylation is 1. The average molecular weight is 419 g/mol. The van der Waals surface area contributed by atoms with Crippen LogP contribution in [0.2, 0.25) is 0 Å². The number of hydrogen-bond donors (Lipinski definition) is 0. The van der Waals surface area contributed by atoms with Gasteiger partial charge >= 0.3 is 0 Å². The zero-order valence-corrected chi connectivity index (χ0v) is 17.0. The largest absolute Gasteiger partial charge is 0.459 e. The van der Waals surface area contributed by atoms with Crippen LogP contribution in [0.1, 0.15) is 22.2 Å². The number of benzene rings is 1. The number of carbonyl (C=O) groups is 1. The molecule has 4 heterocycles. The van der Waals surface area contributed by atoms with E-state index in [1.807, 2.05) is 37.3 Å². The Balaban J connectivity index is 1.26. The maximum Gasteiger partial charge on any atom is 0.289 e. The van der Waals surface area contributed by atoms with Crippen LogP contribution in [0, 0.1) is 6.92 Å². The standard InChI is InChI=1S/C22H21N5O4/c1-15-19(20(25-31-15)16-6-3-2-4-7-16)21-24-23-18(30-21)14-26-9-11-27(12-10-26)22(28)17-8-5-13-29-17/h2-8,13H,9-12,14H2,1H3. The molecule has 0 radical (unpaired) electrons. The van der Waals surface area contributed by atoms with E-state index in [1.165, 1.54) is 6.26 Å². The Morgan fingerprint density at radius 1 is 1.03 bits per heavy atom. The van der Waals surface area contributed by atoms with E-state index in [2.05, 4.69) is 20.3 Å². The fourth-order valence-corrected chi connectivity index (χ4v) is 3.69. The summed E-state index contributed by atoms with van der Waals surface area (Å²) in [5.74, 6) is 1.81. The highest BCUT2D eigenvalue weighted by atomic mass is 16.5. The minimum Gasteiger partial charge on any atom is -0.459 e. The highest BCUT2D eigenvalue weighted by Crippen LogP contribution is 2.33. The Labute approximate surface area is 178 Å². The van der Waals surface area contributed by atoms with Crippen molar-refractivity contribution in [2.45, 2.75) is 13.5 Å². The molecule has 9 nitrogen and oxygen atoms in total. The van der Waals surface area contributed by atoms with Gasteiger partial charge in [-0.25, -0.2) is 0 Å². The summed E-state index contributed by atoms with van der Waals surface area (Å²) in [4.78, 5) is 16.4. The summed E-state index contributed by atoms with van der Waals surface area (Å²) < 4.78 is 16.6. The molecule has 4 aromatic rings. The molecule has 158 valence electrons. The Morgan fingerprint density at radius 3 is 2.58 bits per heavy atom. The Hall–Kier alpha value is -3.72. The van der Waals surface area contributed by atoms with Crippen molar-refractivity contribution in [2.24, 2.45) is 0 Å². The fourth-order valence-electron chi connectivity index (χ4n) is 3.69. The van der Waals surface area contributed by atoms with E-state index in [1.54, 1.807) is 17.0 Å². The van der Waals surface area contributed by atoms with Gasteiger partial charge in [0.2, 0.25) is 5.89 Å². The Kier molecular flexibility index (Phi) is 5.09. The number of hydrogen-bond acceptors (Lipinski definition) is 8. The maximum atomic E-state index is 12.4. The monoisotopic (exact) mass is 419 g/mol. The topological polar surface area (TPSA) is 102 Å². The van der Waals surface area contributed by atoms with Crippen LogP contribution in [0.15, 0.2) is 62.1 Å². The van der Waals surface area contributed by atoms with Crippen LogP contribution in [-0.4, -0.2) is 57.2 Å². The van der Waals surface area contributed by atoms with Gasteiger partial charge in [0.1, 0.15) is 17.0 Å². The molecule has 0 bridgehead atoms. The first-order chi connectivity index (χ1) is 15.2. The van der Waals surface area contributed by atoms with Crippen molar-refractivity contribution in [3.8, 4) is 22.7 Å². The quantitative estimate of drug-likeness (QED) is 0.486. The zero-order chi connectivity index (χ0) is 21.2. The molecular weight excluding hydrogens is 398 g/mol. The predicted molar refractivity (Wildman–Crippen MR) is 110 cm³/mol. The molecule has 1 aromatic carbocycles. The van der Waals surface area contributed by atoms with Crippen molar-refractivity contribution in [3.05, 3.63) is 66.1 Å². The third-order valence-corrected chi connectivity index (χ3v) is 5.34. The summed E-state index contributed by atoms with van der Waals surface area (Å²) in [5.41, 5.74) is 2.31. The molecule has 0 unspecified atom stereocenters. The van der Waals surface area contributed by atoms with Crippen molar-refractivity contribution in [3.63, 3.8) is 0 Å². The van der Waals surface area contributed by atoms with Gasteiger partial charge < -0.3 is 18.3 Å². The van der Waals surface area contributed by atoms with Gasteiger partial charge in [-0.15, -0.1) is 10.2 Å². The molecule has 0 atom stereocenters. The van der Waals surface area contributed by atoms with Gasteiger partial charge in [-0.2, -0.15) is 0 Å².